The maximum Gasteiger partial charge on any atom is 0.213 e. The van der Waals surface area contributed by atoms with Gasteiger partial charge in [0, 0.05) is 6.54 Å². The number of benzene rings is 1. The van der Waals surface area contributed by atoms with Gasteiger partial charge in [-0.15, -0.1) is 12.4 Å². The van der Waals surface area contributed by atoms with Crippen LogP contribution >= 0.6 is 46.9 Å². The van der Waals surface area contributed by atoms with E-state index in [1.807, 2.05) is 32.8 Å². The van der Waals surface area contributed by atoms with Crippen molar-refractivity contribution >= 4 is 73.7 Å². The van der Waals surface area contributed by atoms with Gasteiger partial charge in [0.2, 0.25) is 15.8 Å². The Hall–Kier alpha value is -1.14. The van der Waals surface area contributed by atoms with Gasteiger partial charge in [0.15, 0.2) is 5.13 Å². The molecule has 3 rings (SSSR count). The summed E-state index contributed by atoms with van der Waals surface area (Å²) in [5.41, 5.74) is 6.30. The SMILES string of the molecule is CC(C)CS(=O)(=O)NC1(Nc2nc(N)c(C(=O)c3c(Cl)cc(CN(C)C)cc3Cl)s2)CCCCC1.Cl. The number of carbonyl (C=O) groups excluding carboxylic acids is 1. The number of nitrogens with one attached hydrogen (secondary N) is 2. The second-order valence-electron chi connectivity index (χ2n) is 9.78. The summed E-state index contributed by atoms with van der Waals surface area (Å²) in [7, 11) is 0.334. The molecule has 0 saturated heterocycles. The molecule has 1 saturated carbocycles. The van der Waals surface area contributed by atoms with Crippen molar-refractivity contribution in [3.05, 3.63) is 38.2 Å². The Balaban J connectivity index is 0.00000456. The van der Waals surface area contributed by atoms with Gasteiger partial charge in [-0.3, -0.25) is 4.79 Å². The highest BCUT2D eigenvalue weighted by Gasteiger charge is 2.37. The molecule has 1 aromatic carbocycles. The third-order valence-corrected chi connectivity index (χ3v) is 9.03. The largest absolute Gasteiger partial charge is 0.382 e. The number of hydrogen-bond donors (Lipinski definition) is 3. The van der Waals surface area contributed by atoms with Crippen LogP contribution in [-0.2, 0) is 16.6 Å². The molecule has 1 aliphatic rings. The molecular weight excluding hydrogens is 565 g/mol. The monoisotopic (exact) mass is 597 g/mol. The summed E-state index contributed by atoms with van der Waals surface area (Å²) in [6, 6.07) is 3.44. The molecule has 0 unspecified atom stereocenters. The minimum absolute atomic E-state index is 0. The Kier molecular flexibility index (Phi) is 10.9. The summed E-state index contributed by atoms with van der Waals surface area (Å²) in [6.07, 6.45) is 3.98. The standard InChI is InChI=1S/C23H33Cl2N5O3S2.ClH/c1-14(2)13-35(32,33)29-23(8-6-5-7-9-23)28-22-27-21(26)20(34-22)19(31)18-16(24)10-15(11-17(18)25)12-30(3)4;/h10-11,14,29H,5-9,12-13,26H2,1-4H3,(H,27,28);1H. The molecule has 1 aliphatic carbocycles. The number of halogens is 3. The Bertz CT molecular complexity index is 1160. The predicted molar refractivity (Wildman–Crippen MR) is 152 cm³/mol. The van der Waals surface area contributed by atoms with Gasteiger partial charge in [0.05, 0.1) is 21.4 Å². The zero-order valence-electron chi connectivity index (χ0n) is 20.9. The van der Waals surface area contributed by atoms with Crippen LogP contribution in [0.15, 0.2) is 12.1 Å². The summed E-state index contributed by atoms with van der Waals surface area (Å²) in [4.78, 5) is 19.9. The molecular formula is C23H34Cl3N5O3S2. The van der Waals surface area contributed by atoms with Crippen LogP contribution in [0.4, 0.5) is 10.9 Å². The average Bonchev–Trinajstić information content (AvgIpc) is 3.05. The molecule has 2 aromatic rings. The quantitative estimate of drug-likeness (QED) is 0.248. The lowest BCUT2D eigenvalue weighted by molar-refractivity contribution is 0.104. The van der Waals surface area contributed by atoms with Crippen LogP contribution in [0.25, 0.3) is 0 Å². The van der Waals surface area contributed by atoms with Gasteiger partial charge in [-0.2, -0.15) is 4.72 Å². The van der Waals surface area contributed by atoms with Crippen LogP contribution < -0.4 is 15.8 Å². The third-order valence-electron chi connectivity index (χ3n) is 5.64. The number of carbonyl (C=O) groups is 1. The molecule has 0 aliphatic heterocycles. The number of nitrogens with zero attached hydrogens (tertiary/aromatic N) is 2. The maximum absolute atomic E-state index is 13.3. The normalized spacial score (nSPS) is 15.7. The summed E-state index contributed by atoms with van der Waals surface area (Å²) in [5.74, 6) is -0.354. The van der Waals surface area contributed by atoms with E-state index in [4.69, 9.17) is 28.9 Å². The molecule has 1 fully saturated rings. The van der Waals surface area contributed by atoms with Crippen LogP contribution in [0.3, 0.4) is 0 Å². The smallest absolute Gasteiger partial charge is 0.213 e. The second kappa shape index (κ2) is 12.6. The van der Waals surface area contributed by atoms with Crippen LogP contribution in [0.2, 0.25) is 10.0 Å². The van der Waals surface area contributed by atoms with E-state index >= 15 is 0 Å². The zero-order chi connectivity index (χ0) is 26.0. The first-order chi connectivity index (χ1) is 16.3. The first kappa shape index (κ1) is 31.1. The van der Waals surface area contributed by atoms with E-state index in [1.165, 1.54) is 0 Å². The number of sulfonamides is 1. The van der Waals surface area contributed by atoms with Crippen molar-refractivity contribution in [1.82, 2.24) is 14.6 Å². The highest BCUT2D eigenvalue weighted by atomic mass is 35.5. The van der Waals surface area contributed by atoms with Gasteiger partial charge in [-0.1, -0.05) is 54.8 Å². The van der Waals surface area contributed by atoms with Crippen LogP contribution in [-0.4, -0.2) is 49.6 Å². The van der Waals surface area contributed by atoms with Crippen molar-refractivity contribution in [3.63, 3.8) is 0 Å². The Morgan fingerprint density at radius 2 is 1.78 bits per heavy atom. The van der Waals surface area contributed by atoms with Crippen molar-refractivity contribution in [1.29, 1.82) is 0 Å². The van der Waals surface area contributed by atoms with Gasteiger partial charge in [0.25, 0.3) is 0 Å². The molecule has 202 valence electrons. The van der Waals surface area contributed by atoms with Crippen LogP contribution in [0.1, 0.15) is 66.8 Å². The van der Waals surface area contributed by atoms with E-state index < -0.39 is 21.5 Å². The fourth-order valence-electron chi connectivity index (χ4n) is 4.35. The summed E-state index contributed by atoms with van der Waals surface area (Å²) < 4.78 is 28.4. The number of nitrogen functional groups attached to an aromatic ring is 1. The summed E-state index contributed by atoms with van der Waals surface area (Å²) >= 11 is 14.0. The lowest BCUT2D eigenvalue weighted by Gasteiger charge is -2.38. The fraction of sp³-hybridized carbons (Fsp3) is 0.565. The van der Waals surface area contributed by atoms with Gasteiger partial charge >= 0.3 is 0 Å². The van der Waals surface area contributed by atoms with Crippen LogP contribution in [0, 0.1) is 5.92 Å². The van der Waals surface area contributed by atoms with E-state index in [1.54, 1.807) is 12.1 Å². The Labute approximate surface area is 233 Å². The molecule has 4 N–H and O–H groups in total. The first-order valence-corrected chi connectivity index (χ1v) is 14.8. The Morgan fingerprint density at radius 3 is 2.31 bits per heavy atom. The average molecular weight is 599 g/mol. The lowest BCUT2D eigenvalue weighted by atomic mass is 9.90. The van der Waals surface area contributed by atoms with Crippen molar-refractivity contribution in [2.75, 3.05) is 30.9 Å². The highest BCUT2D eigenvalue weighted by molar-refractivity contribution is 7.89. The van der Waals surface area contributed by atoms with Gasteiger partial charge < -0.3 is 16.0 Å². The van der Waals surface area contributed by atoms with Gasteiger partial charge in [-0.05, 0) is 63.4 Å². The minimum atomic E-state index is -3.52. The number of thiazole rings is 1. The first-order valence-electron chi connectivity index (χ1n) is 11.5. The molecule has 1 aromatic heterocycles. The van der Waals surface area contributed by atoms with E-state index in [9.17, 15) is 13.2 Å². The van der Waals surface area contributed by atoms with E-state index in [-0.39, 0.29) is 50.4 Å². The maximum atomic E-state index is 13.3. The lowest BCUT2D eigenvalue weighted by Crippen LogP contribution is -2.56. The number of rotatable bonds is 10. The molecule has 0 radical (unpaired) electrons. The number of hydrogen-bond acceptors (Lipinski definition) is 8. The predicted octanol–water partition coefficient (Wildman–Crippen LogP) is 5.39. The molecule has 0 amide bonds. The molecule has 0 bridgehead atoms. The Morgan fingerprint density at radius 1 is 1.19 bits per heavy atom. The van der Waals surface area contributed by atoms with Crippen molar-refractivity contribution in [3.8, 4) is 0 Å². The minimum Gasteiger partial charge on any atom is -0.382 e. The highest BCUT2D eigenvalue weighted by Crippen LogP contribution is 2.37. The fourth-order valence-corrected chi connectivity index (χ4v) is 7.80. The number of aromatic nitrogens is 1. The zero-order valence-corrected chi connectivity index (χ0v) is 24.8. The molecule has 36 heavy (non-hydrogen) atoms. The molecule has 8 nitrogen and oxygen atoms in total. The van der Waals surface area contributed by atoms with Crippen molar-refractivity contribution in [2.24, 2.45) is 5.92 Å². The summed E-state index contributed by atoms with van der Waals surface area (Å²) in [6.45, 7) is 4.35. The van der Waals surface area contributed by atoms with Crippen molar-refractivity contribution in [2.45, 2.75) is 58.2 Å². The molecule has 13 heteroatoms. The summed E-state index contributed by atoms with van der Waals surface area (Å²) in [5, 5.41) is 4.12. The van der Waals surface area contributed by atoms with Crippen molar-refractivity contribution < 1.29 is 13.2 Å². The third kappa shape index (κ3) is 7.93. The number of ketones is 1. The van der Waals surface area contributed by atoms with E-state index in [0.717, 1.165) is 36.2 Å². The van der Waals surface area contributed by atoms with Gasteiger partial charge in [-0.25, -0.2) is 13.4 Å². The number of nitrogens with two attached hydrogens (primary N) is 1. The topological polar surface area (TPSA) is 117 Å². The van der Waals surface area contributed by atoms with Gasteiger partial charge in [0.1, 0.15) is 16.4 Å². The molecule has 0 spiro atoms. The number of anilines is 2. The van der Waals surface area contributed by atoms with E-state index in [2.05, 4.69) is 15.0 Å². The molecule has 0 atom stereocenters. The second-order valence-corrected chi connectivity index (χ2v) is 13.4. The van der Waals surface area contributed by atoms with E-state index in [0.29, 0.717) is 24.5 Å². The van der Waals surface area contributed by atoms with Crippen LogP contribution in [0.5, 0.6) is 0 Å². The molecule has 1 heterocycles.